The standard InChI is InChI=1S/C14H29N3O/c1-3-5-6-12(4-2)11-17-9-7-13(8-10-17)14(15)16-18/h12-13,18H,3-11H2,1-2H3,(H2,15,16). The van der Waals surface area contributed by atoms with Crippen LogP contribution in [0, 0.1) is 11.8 Å². The predicted octanol–water partition coefficient (Wildman–Crippen LogP) is 2.66. The number of likely N-dealkylation sites (tertiary alicyclic amines) is 1. The SMILES string of the molecule is CCCCC(CC)CN1CCC(C(N)=NO)CC1. The molecule has 0 radical (unpaired) electrons. The third kappa shape index (κ3) is 4.84. The lowest BCUT2D eigenvalue weighted by Gasteiger charge is -2.33. The van der Waals surface area contributed by atoms with E-state index in [1.165, 1.54) is 32.2 Å². The number of hydrogen-bond donors (Lipinski definition) is 2. The highest BCUT2D eigenvalue weighted by Gasteiger charge is 2.23. The highest BCUT2D eigenvalue weighted by atomic mass is 16.4. The Hall–Kier alpha value is -0.770. The van der Waals surface area contributed by atoms with Crippen molar-refractivity contribution in [2.75, 3.05) is 19.6 Å². The van der Waals surface area contributed by atoms with Crippen molar-refractivity contribution >= 4 is 5.84 Å². The van der Waals surface area contributed by atoms with Crippen LogP contribution < -0.4 is 5.73 Å². The zero-order chi connectivity index (χ0) is 13.4. The van der Waals surface area contributed by atoms with E-state index < -0.39 is 0 Å². The third-order valence-electron chi connectivity index (χ3n) is 4.18. The van der Waals surface area contributed by atoms with Gasteiger partial charge >= 0.3 is 0 Å². The molecule has 1 aliphatic heterocycles. The zero-order valence-electron chi connectivity index (χ0n) is 11.9. The third-order valence-corrected chi connectivity index (χ3v) is 4.18. The molecule has 4 nitrogen and oxygen atoms in total. The molecule has 1 heterocycles. The van der Waals surface area contributed by atoms with E-state index in [0.717, 1.165) is 31.8 Å². The van der Waals surface area contributed by atoms with Crippen molar-refractivity contribution in [3.05, 3.63) is 0 Å². The first-order valence-electron chi connectivity index (χ1n) is 7.41. The molecule has 1 aliphatic rings. The molecule has 0 spiro atoms. The summed E-state index contributed by atoms with van der Waals surface area (Å²) >= 11 is 0. The lowest BCUT2D eigenvalue weighted by atomic mass is 9.93. The molecule has 0 aliphatic carbocycles. The van der Waals surface area contributed by atoms with Crippen LogP contribution in [0.15, 0.2) is 5.16 Å². The molecule has 0 aromatic heterocycles. The van der Waals surface area contributed by atoms with Crippen LogP contribution in [0.4, 0.5) is 0 Å². The molecule has 0 saturated carbocycles. The Labute approximate surface area is 111 Å². The van der Waals surface area contributed by atoms with Gasteiger partial charge in [0, 0.05) is 12.5 Å². The lowest BCUT2D eigenvalue weighted by Crippen LogP contribution is -2.40. The molecule has 18 heavy (non-hydrogen) atoms. The van der Waals surface area contributed by atoms with E-state index in [1.807, 2.05) is 0 Å². The van der Waals surface area contributed by atoms with Crippen LogP contribution in [0.5, 0.6) is 0 Å². The van der Waals surface area contributed by atoms with E-state index in [4.69, 9.17) is 10.9 Å². The molecule has 1 rings (SSSR count). The van der Waals surface area contributed by atoms with Crippen LogP contribution in [0.25, 0.3) is 0 Å². The molecule has 1 fully saturated rings. The molecule has 0 amide bonds. The summed E-state index contributed by atoms with van der Waals surface area (Å²) < 4.78 is 0. The first-order valence-corrected chi connectivity index (χ1v) is 7.41. The van der Waals surface area contributed by atoms with Crippen molar-refractivity contribution in [1.82, 2.24) is 4.90 Å². The van der Waals surface area contributed by atoms with Gasteiger partial charge in [-0.15, -0.1) is 0 Å². The summed E-state index contributed by atoms with van der Waals surface area (Å²) in [5, 5.41) is 11.8. The molecule has 1 atom stereocenters. The van der Waals surface area contributed by atoms with E-state index >= 15 is 0 Å². The van der Waals surface area contributed by atoms with Crippen LogP contribution in [0.1, 0.15) is 52.4 Å². The molecule has 1 saturated heterocycles. The Bertz CT molecular complexity index is 247. The van der Waals surface area contributed by atoms with Crippen LogP contribution >= 0.6 is 0 Å². The first kappa shape index (κ1) is 15.3. The second-order valence-electron chi connectivity index (χ2n) is 5.52. The Balaban J connectivity index is 2.29. The molecule has 0 aromatic rings. The van der Waals surface area contributed by atoms with Gasteiger partial charge in [-0.1, -0.05) is 38.3 Å². The van der Waals surface area contributed by atoms with E-state index in [1.54, 1.807) is 0 Å². The van der Waals surface area contributed by atoms with Crippen LogP contribution in [0.3, 0.4) is 0 Å². The fourth-order valence-electron chi connectivity index (χ4n) is 2.78. The maximum absolute atomic E-state index is 8.68. The number of amidine groups is 1. The van der Waals surface area contributed by atoms with Gasteiger partial charge in [0.25, 0.3) is 0 Å². The fraction of sp³-hybridized carbons (Fsp3) is 0.929. The number of nitrogens with zero attached hydrogens (tertiary/aromatic N) is 2. The monoisotopic (exact) mass is 255 g/mol. The van der Waals surface area contributed by atoms with Crippen LogP contribution in [0.2, 0.25) is 0 Å². The minimum Gasteiger partial charge on any atom is -0.409 e. The second kappa shape index (κ2) is 8.35. The van der Waals surface area contributed by atoms with Crippen LogP contribution in [-0.2, 0) is 0 Å². The van der Waals surface area contributed by atoms with Crippen LogP contribution in [-0.4, -0.2) is 35.6 Å². The van der Waals surface area contributed by atoms with Gasteiger partial charge in [-0.2, -0.15) is 0 Å². The molecule has 3 N–H and O–H groups in total. The maximum atomic E-state index is 8.68. The summed E-state index contributed by atoms with van der Waals surface area (Å²) in [7, 11) is 0. The largest absolute Gasteiger partial charge is 0.409 e. The highest BCUT2D eigenvalue weighted by molar-refractivity contribution is 5.82. The number of oxime groups is 1. The molecule has 0 aromatic carbocycles. The summed E-state index contributed by atoms with van der Waals surface area (Å²) in [4.78, 5) is 2.55. The topological polar surface area (TPSA) is 61.8 Å². The molecule has 0 bridgehead atoms. The Kier molecular flexibility index (Phi) is 7.09. The predicted molar refractivity (Wildman–Crippen MR) is 75.9 cm³/mol. The lowest BCUT2D eigenvalue weighted by molar-refractivity contribution is 0.171. The van der Waals surface area contributed by atoms with Gasteiger partial charge in [-0.05, 0) is 38.3 Å². The van der Waals surface area contributed by atoms with Crippen molar-refractivity contribution < 1.29 is 5.21 Å². The minimum absolute atomic E-state index is 0.280. The molecule has 4 heteroatoms. The van der Waals surface area contributed by atoms with Gasteiger partial charge in [-0.3, -0.25) is 0 Å². The average Bonchev–Trinajstić information content (AvgIpc) is 2.43. The van der Waals surface area contributed by atoms with Gasteiger partial charge in [0.1, 0.15) is 5.84 Å². The average molecular weight is 255 g/mol. The van der Waals surface area contributed by atoms with Gasteiger partial charge in [0.15, 0.2) is 0 Å². The molecular formula is C14H29N3O. The van der Waals surface area contributed by atoms with E-state index in [0.29, 0.717) is 5.84 Å². The number of piperidine rings is 1. The van der Waals surface area contributed by atoms with Crippen molar-refractivity contribution in [2.24, 2.45) is 22.7 Å². The number of unbranched alkanes of at least 4 members (excludes halogenated alkanes) is 1. The van der Waals surface area contributed by atoms with Crippen molar-refractivity contribution in [3.63, 3.8) is 0 Å². The van der Waals surface area contributed by atoms with Gasteiger partial charge < -0.3 is 15.8 Å². The van der Waals surface area contributed by atoms with Crippen molar-refractivity contribution in [1.29, 1.82) is 0 Å². The highest BCUT2D eigenvalue weighted by Crippen LogP contribution is 2.21. The fourth-order valence-corrected chi connectivity index (χ4v) is 2.78. The van der Waals surface area contributed by atoms with E-state index in [9.17, 15) is 0 Å². The zero-order valence-corrected chi connectivity index (χ0v) is 11.9. The second-order valence-corrected chi connectivity index (χ2v) is 5.52. The summed E-state index contributed by atoms with van der Waals surface area (Å²) in [5.41, 5.74) is 5.67. The summed E-state index contributed by atoms with van der Waals surface area (Å²) in [6, 6.07) is 0. The smallest absolute Gasteiger partial charge is 0.142 e. The quantitative estimate of drug-likeness (QED) is 0.318. The maximum Gasteiger partial charge on any atom is 0.142 e. The van der Waals surface area contributed by atoms with Crippen molar-refractivity contribution in [3.8, 4) is 0 Å². The van der Waals surface area contributed by atoms with E-state index in [2.05, 4.69) is 23.9 Å². The first-order chi connectivity index (χ1) is 8.71. The van der Waals surface area contributed by atoms with Gasteiger partial charge in [0.2, 0.25) is 0 Å². The summed E-state index contributed by atoms with van der Waals surface area (Å²) in [6.07, 6.45) is 7.33. The number of hydrogen-bond acceptors (Lipinski definition) is 3. The van der Waals surface area contributed by atoms with Crippen molar-refractivity contribution in [2.45, 2.75) is 52.4 Å². The molecular weight excluding hydrogens is 226 g/mol. The number of rotatable bonds is 7. The summed E-state index contributed by atoms with van der Waals surface area (Å²) in [5.74, 6) is 1.53. The minimum atomic E-state index is 0.280. The normalized spacial score (nSPS) is 21.1. The number of nitrogens with two attached hydrogens (primary N) is 1. The Morgan fingerprint density at radius 1 is 1.39 bits per heavy atom. The van der Waals surface area contributed by atoms with E-state index in [-0.39, 0.29) is 5.92 Å². The van der Waals surface area contributed by atoms with Gasteiger partial charge in [0.05, 0.1) is 0 Å². The Morgan fingerprint density at radius 2 is 2.06 bits per heavy atom. The van der Waals surface area contributed by atoms with Gasteiger partial charge in [-0.25, -0.2) is 0 Å². The Morgan fingerprint density at radius 3 is 2.56 bits per heavy atom. The summed E-state index contributed by atoms with van der Waals surface area (Å²) in [6.45, 7) is 7.95. The molecule has 1 unspecified atom stereocenters. The molecule has 106 valence electrons.